The first kappa shape index (κ1) is 38.0. The van der Waals surface area contributed by atoms with E-state index in [1.54, 1.807) is 65.8 Å². The Bertz CT molecular complexity index is 1330. The quantitative estimate of drug-likeness (QED) is 0.226. The first-order valence-electron chi connectivity index (χ1n) is 16.0. The van der Waals surface area contributed by atoms with Crippen LogP contribution >= 0.6 is 0 Å². The summed E-state index contributed by atoms with van der Waals surface area (Å²) in [7, 11) is 0. The van der Waals surface area contributed by atoms with Gasteiger partial charge in [-0.1, -0.05) is 75.0 Å². The van der Waals surface area contributed by atoms with Gasteiger partial charge in [0, 0.05) is 12.5 Å². The minimum atomic E-state index is -1.13. The molecule has 0 aliphatic heterocycles. The minimum absolute atomic E-state index is 0.192. The molecule has 2 aromatic rings. The predicted molar refractivity (Wildman–Crippen MR) is 182 cm³/mol. The van der Waals surface area contributed by atoms with Crippen molar-refractivity contribution < 1.29 is 28.7 Å². The molecule has 0 fully saturated rings. The number of ether oxygens (including phenoxy) is 2. The summed E-state index contributed by atoms with van der Waals surface area (Å²) in [6.07, 6.45) is 2.53. The van der Waals surface area contributed by atoms with Crippen LogP contribution in [0.25, 0.3) is 6.08 Å². The molecule has 3 unspecified atom stereocenters. The third-order valence-electron chi connectivity index (χ3n) is 6.99. The van der Waals surface area contributed by atoms with Crippen LogP contribution < -0.4 is 10.6 Å². The lowest BCUT2D eigenvalue weighted by Gasteiger charge is -2.37. The van der Waals surface area contributed by atoms with Gasteiger partial charge in [0.2, 0.25) is 11.8 Å². The number of nitrogens with one attached hydrogen (secondary N) is 2. The predicted octanol–water partition coefficient (Wildman–Crippen LogP) is 6.62. The number of benzene rings is 2. The molecule has 0 spiro atoms. The fourth-order valence-electron chi connectivity index (χ4n) is 4.87. The van der Waals surface area contributed by atoms with Crippen molar-refractivity contribution in [3.05, 3.63) is 77.9 Å². The van der Waals surface area contributed by atoms with E-state index in [1.165, 1.54) is 4.90 Å². The zero-order chi connectivity index (χ0) is 34.7. The van der Waals surface area contributed by atoms with E-state index in [0.717, 1.165) is 17.5 Å². The van der Waals surface area contributed by atoms with Crippen LogP contribution in [0.5, 0.6) is 0 Å². The van der Waals surface area contributed by atoms with E-state index in [0.29, 0.717) is 17.9 Å². The van der Waals surface area contributed by atoms with Crippen molar-refractivity contribution in [2.45, 2.75) is 111 Å². The average Bonchev–Trinajstić information content (AvgIpc) is 2.95. The van der Waals surface area contributed by atoms with Crippen molar-refractivity contribution >= 4 is 30.0 Å². The summed E-state index contributed by atoms with van der Waals surface area (Å²) in [5.41, 5.74) is 0.607. The van der Waals surface area contributed by atoms with Crippen molar-refractivity contribution in [3.8, 4) is 0 Å². The SMILES string of the molecule is C=Cc1cccc(C(C(=O)NC(Cc2ccccc2)C(=O)OC(C)(C)C)N(C(=O)CNC(=O)OC(C)(C)C)C(C)CCC(C)C)c1. The Labute approximate surface area is 275 Å². The summed E-state index contributed by atoms with van der Waals surface area (Å²) in [5.74, 6) is -1.24. The summed E-state index contributed by atoms with van der Waals surface area (Å²) < 4.78 is 11.1. The van der Waals surface area contributed by atoms with Crippen LogP contribution in [0.1, 0.15) is 97.9 Å². The van der Waals surface area contributed by atoms with Gasteiger partial charge in [-0.15, -0.1) is 0 Å². The zero-order valence-electron chi connectivity index (χ0n) is 29.0. The maximum atomic E-state index is 14.5. The maximum absolute atomic E-state index is 14.5. The fourth-order valence-corrected chi connectivity index (χ4v) is 4.87. The van der Waals surface area contributed by atoms with E-state index in [4.69, 9.17) is 9.47 Å². The lowest BCUT2D eigenvalue weighted by molar-refractivity contribution is -0.159. The van der Waals surface area contributed by atoms with Gasteiger partial charge in [0.05, 0.1) is 0 Å². The molecule has 0 radical (unpaired) electrons. The summed E-state index contributed by atoms with van der Waals surface area (Å²) in [4.78, 5) is 56.0. The number of esters is 1. The van der Waals surface area contributed by atoms with Gasteiger partial charge < -0.3 is 25.0 Å². The van der Waals surface area contributed by atoms with Crippen molar-refractivity contribution in [1.29, 1.82) is 0 Å². The molecule has 9 nitrogen and oxygen atoms in total. The average molecular weight is 636 g/mol. The van der Waals surface area contributed by atoms with Gasteiger partial charge in [-0.3, -0.25) is 9.59 Å². The smallest absolute Gasteiger partial charge is 0.408 e. The molecule has 2 rings (SSSR count). The molecule has 0 saturated carbocycles. The Hall–Kier alpha value is -4.14. The number of hydrogen-bond donors (Lipinski definition) is 2. The summed E-state index contributed by atoms with van der Waals surface area (Å²) in [6, 6.07) is 14.0. The molecule has 3 atom stereocenters. The number of alkyl carbamates (subject to hydrolysis) is 1. The van der Waals surface area contributed by atoms with Gasteiger partial charge >= 0.3 is 12.1 Å². The number of amides is 3. The van der Waals surface area contributed by atoms with E-state index in [-0.39, 0.29) is 13.0 Å². The highest BCUT2D eigenvalue weighted by Gasteiger charge is 2.37. The van der Waals surface area contributed by atoms with E-state index >= 15 is 0 Å². The summed E-state index contributed by atoms with van der Waals surface area (Å²) in [6.45, 7) is 20.1. The van der Waals surface area contributed by atoms with Gasteiger partial charge in [-0.25, -0.2) is 9.59 Å². The minimum Gasteiger partial charge on any atom is -0.458 e. The van der Waals surface area contributed by atoms with Crippen LogP contribution in [0.15, 0.2) is 61.2 Å². The van der Waals surface area contributed by atoms with Crippen molar-refractivity contribution in [1.82, 2.24) is 15.5 Å². The second kappa shape index (κ2) is 17.0. The molecule has 0 saturated heterocycles. The van der Waals surface area contributed by atoms with Gasteiger partial charge in [0.15, 0.2) is 0 Å². The molecule has 0 bridgehead atoms. The highest BCUT2D eigenvalue weighted by molar-refractivity contribution is 5.93. The Morgan fingerprint density at radius 2 is 1.50 bits per heavy atom. The lowest BCUT2D eigenvalue weighted by Crippen LogP contribution is -2.54. The molecule has 0 aliphatic rings. The molecule has 252 valence electrons. The van der Waals surface area contributed by atoms with Crippen molar-refractivity contribution in [2.75, 3.05) is 6.54 Å². The topological polar surface area (TPSA) is 114 Å². The Morgan fingerprint density at radius 3 is 2.07 bits per heavy atom. The first-order valence-corrected chi connectivity index (χ1v) is 16.0. The molecule has 9 heteroatoms. The van der Waals surface area contributed by atoms with Crippen LogP contribution in [0, 0.1) is 5.92 Å². The maximum Gasteiger partial charge on any atom is 0.408 e. The molecule has 2 N–H and O–H groups in total. The third-order valence-corrected chi connectivity index (χ3v) is 6.99. The highest BCUT2D eigenvalue weighted by atomic mass is 16.6. The molecule has 2 aromatic carbocycles. The fraction of sp³-hybridized carbons (Fsp3) is 0.514. The number of hydrogen-bond acceptors (Lipinski definition) is 6. The van der Waals surface area contributed by atoms with Gasteiger partial charge in [-0.2, -0.15) is 0 Å². The Balaban J connectivity index is 2.59. The molecule has 3 amide bonds. The number of nitrogens with zero attached hydrogens (tertiary/aromatic N) is 1. The summed E-state index contributed by atoms with van der Waals surface area (Å²) in [5, 5.41) is 5.48. The van der Waals surface area contributed by atoms with Gasteiger partial charge in [-0.05, 0) is 90.0 Å². The van der Waals surface area contributed by atoms with Crippen LogP contribution in [-0.2, 0) is 30.3 Å². The highest BCUT2D eigenvalue weighted by Crippen LogP contribution is 2.28. The van der Waals surface area contributed by atoms with Crippen molar-refractivity contribution in [3.63, 3.8) is 0 Å². The van der Waals surface area contributed by atoms with Crippen LogP contribution in [0.2, 0.25) is 0 Å². The second-order valence-corrected chi connectivity index (χ2v) is 14.0. The van der Waals surface area contributed by atoms with E-state index in [1.807, 2.05) is 43.3 Å². The first-order chi connectivity index (χ1) is 21.4. The van der Waals surface area contributed by atoms with Gasteiger partial charge in [0.1, 0.15) is 29.8 Å². The van der Waals surface area contributed by atoms with Crippen LogP contribution in [-0.4, -0.2) is 58.6 Å². The van der Waals surface area contributed by atoms with E-state index < -0.39 is 53.2 Å². The molecule has 0 aromatic heterocycles. The molecular weight excluding hydrogens is 582 g/mol. The molecular formula is C37H53N3O6. The third kappa shape index (κ3) is 13.1. The largest absolute Gasteiger partial charge is 0.458 e. The summed E-state index contributed by atoms with van der Waals surface area (Å²) >= 11 is 0. The molecule has 46 heavy (non-hydrogen) atoms. The van der Waals surface area contributed by atoms with E-state index in [2.05, 4.69) is 31.1 Å². The van der Waals surface area contributed by atoms with Crippen LogP contribution in [0.3, 0.4) is 0 Å². The Morgan fingerprint density at radius 1 is 0.870 bits per heavy atom. The van der Waals surface area contributed by atoms with Crippen LogP contribution in [0.4, 0.5) is 4.79 Å². The molecule has 0 aliphatic carbocycles. The lowest BCUT2D eigenvalue weighted by atomic mass is 9.96. The second-order valence-electron chi connectivity index (χ2n) is 14.0. The number of carbonyl (C=O) groups excluding carboxylic acids is 4. The zero-order valence-corrected chi connectivity index (χ0v) is 29.0. The monoisotopic (exact) mass is 635 g/mol. The number of rotatable bonds is 14. The van der Waals surface area contributed by atoms with E-state index in [9.17, 15) is 19.2 Å². The Kier molecular flexibility index (Phi) is 14.0. The normalized spacial score (nSPS) is 13.6. The molecule has 0 heterocycles. The van der Waals surface area contributed by atoms with Crippen molar-refractivity contribution in [2.24, 2.45) is 5.92 Å². The number of carbonyl (C=O) groups is 4. The standard InChI is InChI=1S/C37H53N3O6/c1-11-27-18-15-19-29(22-27)32(33(42)39-30(34(43)45-36(5,6)7)23-28-16-13-12-14-17-28)40(26(4)21-20-25(2)3)31(41)24-38-35(44)46-37(8,9)10/h11-19,22,25-26,30,32H,1,20-21,23-24H2,2-10H3,(H,38,44)(H,39,42). The van der Waals surface area contributed by atoms with Gasteiger partial charge in [0.25, 0.3) is 0 Å².